The number of nitrogens with one attached hydrogen (secondary N) is 2. The molecule has 0 saturated heterocycles. The lowest BCUT2D eigenvalue weighted by Gasteiger charge is -2.21. The lowest BCUT2D eigenvalue weighted by Crippen LogP contribution is -2.37. The Morgan fingerprint density at radius 1 is 1.04 bits per heavy atom. The number of benzene rings is 3. The summed E-state index contributed by atoms with van der Waals surface area (Å²) >= 11 is 1.63. The van der Waals surface area contributed by atoms with Crippen LogP contribution in [0.2, 0.25) is 0 Å². The molecule has 55 heavy (non-hydrogen) atoms. The van der Waals surface area contributed by atoms with Crippen molar-refractivity contribution >= 4 is 45.9 Å². The first kappa shape index (κ1) is 46.3. The van der Waals surface area contributed by atoms with Crippen molar-refractivity contribution in [1.29, 1.82) is 0 Å². The zero-order valence-electron chi connectivity index (χ0n) is 32.5. The number of phenolic OH excluding ortho intramolecular Hbond substituents is 1. The lowest BCUT2D eigenvalue weighted by atomic mass is 9.90. The van der Waals surface area contributed by atoms with Crippen molar-refractivity contribution in [3.05, 3.63) is 93.6 Å². The fourth-order valence-electron chi connectivity index (χ4n) is 4.99. The largest absolute Gasteiger partial charge is 0.508 e. The fourth-order valence-corrected chi connectivity index (χ4v) is 7.46. The summed E-state index contributed by atoms with van der Waals surface area (Å²) in [6.07, 6.45) is 6.29. The number of thiazole rings is 1. The highest BCUT2D eigenvalue weighted by Crippen LogP contribution is 2.39. The van der Waals surface area contributed by atoms with Crippen molar-refractivity contribution in [3.63, 3.8) is 0 Å². The Morgan fingerprint density at radius 3 is 2.16 bits per heavy atom. The van der Waals surface area contributed by atoms with Gasteiger partial charge in [-0.2, -0.15) is 0 Å². The number of amides is 2. The molecule has 1 aromatic heterocycles. The summed E-state index contributed by atoms with van der Waals surface area (Å²) in [5.74, 6) is 0.925. The van der Waals surface area contributed by atoms with Crippen LogP contribution in [0.1, 0.15) is 97.1 Å². The van der Waals surface area contributed by atoms with Crippen molar-refractivity contribution in [2.24, 2.45) is 11.5 Å². The van der Waals surface area contributed by atoms with Gasteiger partial charge in [-0.25, -0.2) is 23.5 Å². The smallest absolute Gasteiger partial charge is 0.417 e. The number of aromatic nitrogens is 1. The number of nitro benzene ring substituents is 1. The highest BCUT2D eigenvalue weighted by atomic mass is 32.2. The van der Waals surface area contributed by atoms with Gasteiger partial charge in [-0.1, -0.05) is 51.3 Å². The fraction of sp³-hybridized carbons (Fsp3) is 0.410. The summed E-state index contributed by atoms with van der Waals surface area (Å²) in [5.41, 5.74) is 11.7. The summed E-state index contributed by atoms with van der Waals surface area (Å²) in [7, 11) is -1.56. The second kappa shape index (κ2) is 23.1. The van der Waals surface area contributed by atoms with E-state index in [9.17, 15) is 23.9 Å². The van der Waals surface area contributed by atoms with E-state index in [0.29, 0.717) is 23.0 Å². The van der Waals surface area contributed by atoms with Gasteiger partial charge in [0.1, 0.15) is 22.5 Å². The second-order valence-electron chi connectivity index (χ2n) is 13.4. The summed E-state index contributed by atoms with van der Waals surface area (Å²) in [6.45, 7) is 13.8. The van der Waals surface area contributed by atoms with Crippen molar-refractivity contribution in [3.8, 4) is 21.9 Å². The van der Waals surface area contributed by atoms with Crippen molar-refractivity contribution in [2.45, 2.75) is 110 Å². The van der Waals surface area contributed by atoms with Crippen molar-refractivity contribution in [2.75, 3.05) is 5.32 Å². The molecule has 300 valence electrons. The molecule has 0 spiro atoms. The predicted octanol–water partition coefficient (Wildman–Crippen LogP) is 9.15. The van der Waals surface area contributed by atoms with E-state index >= 15 is 0 Å². The van der Waals surface area contributed by atoms with E-state index in [0.717, 1.165) is 33.9 Å². The van der Waals surface area contributed by atoms with E-state index in [2.05, 4.69) is 20.5 Å². The zero-order chi connectivity index (χ0) is 41.1. The van der Waals surface area contributed by atoms with E-state index in [1.807, 2.05) is 46.9 Å². The van der Waals surface area contributed by atoms with Crippen LogP contribution in [0.5, 0.6) is 11.5 Å². The van der Waals surface area contributed by atoms with Gasteiger partial charge in [0.25, 0.3) is 5.69 Å². The van der Waals surface area contributed by atoms with Crippen LogP contribution in [-0.2, 0) is 22.3 Å². The Hall–Kier alpha value is -4.90. The van der Waals surface area contributed by atoms with Gasteiger partial charge in [0, 0.05) is 47.6 Å². The third kappa shape index (κ3) is 17.0. The Balaban J connectivity index is 0.000000478. The Kier molecular flexibility index (Phi) is 19.4. The van der Waals surface area contributed by atoms with Crippen LogP contribution < -0.4 is 26.2 Å². The third-order valence-corrected chi connectivity index (χ3v) is 10.1. The normalized spacial score (nSPS) is 13.0. The van der Waals surface area contributed by atoms with Gasteiger partial charge >= 0.3 is 12.2 Å². The van der Waals surface area contributed by atoms with E-state index in [1.165, 1.54) is 43.5 Å². The first-order valence-electron chi connectivity index (χ1n) is 18.0. The molecule has 1 aliphatic carbocycles. The lowest BCUT2D eigenvalue weighted by molar-refractivity contribution is -0.384. The number of nitrogens with zero attached hydrogens (tertiary/aromatic N) is 2. The average molecular weight is 799 g/mol. The number of hydrogen-bond acceptors (Lipinski definition) is 11. The molecule has 0 aliphatic heterocycles. The molecule has 0 bridgehead atoms. The van der Waals surface area contributed by atoms with Crippen LogP contribution in [0.25, 0.3) is 10.4 Å². The number of nitro groups is 1. The number of aromatic hydroxyl groups is 1. The van der Waals surface area contributed by atoms with E-state index in [4.69, 9.17) is 20.6 Å². The number of phenols is 1. The Bertz CT molecular complexity index is 1820. The van der Waals surface area contributed by atoms with Crippen molar-refractivity contribution in [1.82, 2.24) is 9.71 Å². The van der Waals surface area contributed by atoms with Crippen LogP contribution in [-0.4, -0.2) is 43.1 Å². The summed E-state index contributed by atoms with van der Waals surface area (Å²) < 4.78 is 26.1. The number of hydrogen-bond donors (Lipinski definition) is 5. The summed E-state index contributed by atoms with van der Waals surface area (Å²) in [4.78, 5) is 38.7. The maximum atomic E-state index is 13.4. The van der Waals surface area contributed by atoms with Gasteiger partial charge in [-0.15, -0.1) is 11.3 Å². The summed E-state index contributed by atoms with van der Waals surface area (Å²) in [5, 5.41) is 23.4. The molecular weight excluding hydrogens is 745 g/mol. The van der Waals surface area contributed by atoms with E-state index in [-0.39, 0.29) is 23.3 Å². The molecule has 16 heteroatoms. The molecule has 3 aromatic carbocycles. The molecule has 5 rings (SSSR count). The maximum absolute atomic E-state index is 13.4. The topological polar surface area (TPSA) is 222 Å². The molecular formula is C39H54N6O8S2. The molecule has 1 saturated carbocycles. The van der Waals surface area contributed by atoms with E-state index in [1.54, 1.807) is 61.6 Å². The maximum Gasteiger partial charge on any atom is 0.417 e. The molecule has 1 fully saturated rings. The highest BCUT2D eigenvalue weighted by Gasteiger charge is 2.23. The molecule has 2 amide bonds. The number of non-ortho nitro benzene ring substituents is 1. The minimum absolute atomic E-state index is 0.0995. The SMILES string of the molecule is CC.CC(C)(C)NS(=O)c1cc(NC(=O)Oc2ccc([N+](=O)[O-])cc2)ccc1-c1cnc(C2CCCCC2)s1.CC(C)OC(N)=O.NCc1ccc(O)cc1. The first-order valence-corrected chi connectivity index (χ1v) is 20.0. The van der Waals surface area contributed by atoms with Gasteiger partial charge in [-0.3, -0.25) is 15.4 Å². The molecule has 7 N–H and O–H groups in total. The number of ether oxygens (including phenoxy) is 2. The molecule has 1 heterocycles. The quantitative estimate of drug-likeness (QED) is 0.0798. The van der Waals surface area contributed by atoms with Gasteiger partial charge in [0.05, 0.1) is 25.8 Å². The van der Waals surface area contributed by atoms with Gasteiger partial charge in [-0.05, 0) is 89.4 Å². The van der Waals surface area contributed by atoms with Crippen LogP contribution in [0, 0.1) is 10.1 Å². The second-order valence-corrected chi connectivity index (χ2v) is 15.6. The Labute approximate surface area is 329 Å². The molecule has 4 aromatic rings. The molecule has 1 unspecified atom stereocenters. The highest BCUT2D eigenvalue weighted by molar-refractivity contribution is 7.83. The summed E-state index contributed by atoms with van der Waals surface area (Å²) in [6, 6.07) is 17.3. The standard InChI is InChI=1S/C26H30N4O5S2.C7H9NO.C4H9NO2.C2H6/c1-26(2,3)29-37(34)23-15-18(28-25(31)35-20-12-10-19(11-13-20)30(32)33)9-14-21(23)22-16-27-24(36-22)17-7-5-4-6-8-17;8-5-6-1-3-7(9)4-2-6;1-3(2)7-4(5)6;1-2/h9-17,29H,4-8H2,1-3H3,(H,28,31);1-4,9H,5,8H2;3H,1-2H3,(H2,5,6);1-2H3. The van der Waals surface area contributed by atoms with E-state index < -0.39 is 33.6 Å². The molecule has 14 nitrogen and oxygen atoms in total. The number of anilines is 1. The zero-order valence-corrected chi connectivity index (χ0v) is 34.1. The number of primary amides is 1. The first-order chi connectivity index (χ1) is 26.0. The van der Waals surface area contributed by atoms with Crippen LogP contribution in [0.4, 0.5) is 21.0 Å². The van der Waals surface area contributed by atoms with Crippen LogP contribution in [0.15, 0.2) is 77.8 Å². The van der Waals surface area contributed by atoms with Gasteiger partial charge in [0.2, 0.25) is 0 Å². The van der Waals surface area contributed by atoms with Crippen LogP contribution >= 0.6 is 11.3 Å². The van der Waals surface area contributed by atoms with Crippen LogP contribution in [0.3, 0.4) is 0 Å². The third-order valence-electron chi connectivity index (χ3n) is 7.35. The van der Waals surface area contributed by atoms with Crippen molar-refractivity contribution < 1.29 is 33.3 Å². The Morgan fingerprint density at radius 2 is 1.65 bits per heavy atom. The number of carbonyl (C=O) groups excluding carboxylic acids is 2. The molecule has 1 aliphatic rings. The van der Waals surface area contributed by atoms with Gasteiger partial charge < -0.3 is 26.0 Å². The average Bonchev–Trinajstić information content (AvgIpc) is 3.63. The monoisotopic (exact) mass is 798 g/mol. The minimum atomic E-state index is -1.56. The number of rotatable bonds is 9. The predicted molar refractivity (Wildman–Crippen MR) is 219 cm³/mol. The number of carbonyl (C=O) groups is 2. The molecule has 0 radical (unpaired) electrons. The molecule has 1 atom stereocenters. The van der Waals surface area contributed by atoms with Gasteiger partial charge in [0.15, 0.2) is 0 Å². The minimum Gasteiger partial charge on any atom is -0.508 e. The number of nitrogens with two attached hydrogens (primary N) is 2.